The highest BCUT2D eigenvalue weighted by atomic mass is 32.2. The molecule has 2 unspecified atom stereocenters. The van der Waals surface area contributed by atoms with Crippen molar-refractivity contribution in [3.8, 4) is 0 Å². The van der Waals surface area contributed by atoms with E-state index in [1.165, 1.54) is 0 Å². The maximum Gasteiger partial charge on any atom is 0.246 e. The molecule has 7 heteroatoms. The summed E-state index contributed by atoms with van der Waals surface area (Å²) in [5.74, 6) is 0.305. The van der Waals surface area contributed by atoms with Crippen LogP contribution in [-0.2, 0) is 14.8 Å². The van der Waals surface area contributed by atoms with Crippen LogP contribution in [0.1, 0.15) is 31.2 Å². The Bertz CT molecular complexity index is 498. The van der Waals surface area contributed by atoms with Crippen LogP contribution in [0.4, 0.5) is 0 Å². The summed E-state index contributed by atoms with van der Waals surface area (Å²) in [5, 5.41) is 3.66. The minimum atomic E-state index is -3.60. The molecule has 0 aliphatic carbocycles. The maximum atomic E-state index is 12.2. The normalized spacial score (nSPS) is 22.3. The van der Waals surface area contributed by atoms with E-state index in [0.717, 1.165) is 12.8 Å². The van der Waals surface area contributed by atoms with E-state index in [2.05, 4.69) is 9.88 Å². The van der Waals surface area contributed by atoms with E-state index < -0.39 is 10.0 Å². The first-order chi connectivity index (χ1) is 8.42. The Morgan fingerprint density at radius 1 is 1.44 bits per heavy atom. The second kappa shape index (κ2) is 4.99. The average Bonchev–Trinajstić information content (AvgIpc) is 2.87. The topological polar surface area (TPSA) is 81.4 Å². The van der Waals surface area contributed by atoms with Crippen LogP contribution < -0.4 is 4.72 Å². The van der Waals surface area contributed by atoms with Gasteiger partial charge < -0.3 is 9.26 Å². The maximum absolute atomic E-state index is 12.2. The molecule has 1 aromatic heterocycles. The number of aromatic nitrogens is 1. The molecule has 0 spiro atoms. The largest absolute Gasteiger partial charge is 0.377 e. The average molecular weight is 274 g/mol. The van der Waals surface area contributed by atoms with Crippen LogP contribution in [0.3, 0.4) is 0 Å². The van der Waals surface area contributed by atoms with E-state index in [1.54, 1.807) is 13.8 Å². The highest BCUT2D eigenvalue weighted by Gasteiger charge is 2.30. The summed E-state index contributed by atoms with van der Waals surface area (Å²) in [6.45, 7) is 5.71. The first-order valence-electron chi connectivity index (χ1n) is 5.98. The van der Waals surface area contributed by atoms with Gasteiger partial charge in [0.2, 0.25) is 10.0 Å². The van der Waals surface area contributed by atoms with Crippen LogP contribution in [0.5, 0.6) is 0 Å². The lowest BCUT2D eigenvalue weighted by atomic mass is 10.1. The number of aryl methyl sites for hydroxylation is 2. The third-order valence-corrected chi connectivity index (χ3v) is 4.90. The van der Waals surface area contributed by atoms with Gasteiger partial charge in [0, 0.05) is 12.6 Å². The van der Waals surface area contributed by atoms with Gasteiger partial charge >= 0.3 is 0 Å². The van der Waals surface area contributed by atoms with Crippen molar-refractivity contribution in [1.29, 1.82) is 0 Å². The molecule has 102 valence electrons. The minimum absolute atomic E-state index is 0.0553. The zero-order chi connectivity index (χ0) is 13.3. The van der Waals surface area contributed by atoms with Crippen molar-refractivity contribution >= 4 is 10.0 Å². The van der Waals surface area contributed by atoms with Crippen LogP contribution >= 0.6 is 0 Å². The molecule has 0 aromatic carbocycles. The van der Waals surface area contributed by atoms with E-state index in [4.69, 9.17) is 9.26 Å². The lowest BCUT2D eigenvalue weighted by Gasteiger charge is -2.19. The summed E-state index contributed by atoms with van der Waals surface area (Å²) in [6, 6.07) is -0.258. The highest BCUT2D eigenvalue weighted by Crippen LogP contribution is 2.21. The molecule has 0 radical (unpaired) electrons. The van der Waals surface area contributed by atoms with Crippen LogP contribution in [-0.4, -0.2) is 32.3 Å². The van der Waals surface area contributed by atoms with Crippen molar-refractivity contribution in [2.24, 2.45) is 0 Å². The molecule has 0 amide bonds. The molecule has 2 heterocycles. The first-order valence-corrected chi connectivity index (χ1v) is 7.47. The van der Waals surface area contributed by atoms with Crippen LogP contribution in [0.15, 0.2) is 9.42 Å². The van der Waals surface area contributed by atoms with Gasteiger partial charge in [-0.2, -0.15) is 0 Å². The number of ether oxygens (including phenoxy) is 1. The SMILES string of the molecule is Cc1noc(C)c1S(=O)(=O)NC(C)C1CCCO1. The van der Waals surface area contributed by atoms with Crippen molar-refractivity contribution in [1.82, 2.24) is 9.88 Å². The zero-order valence-corrected chi connectivity index (χ0v) is 11.6. The van der Waals surface area contributed by atoms with Gasteiger partial charge in [0.15, 0.2) is 5.76 Å². The van der Waals surface area contributed by atoms with Crippen LogP contribution in [0, 0.1) is 13.8 Å². The van der Waals surface area contributed by atoms with Gasteiger partial charge in [-0.15, -0.1) is 0 Å². The van der Waals surface area contributed by atoms with Gasteiger partial charge in [-0.25, -0.2) is 13.1 Å². The summed E-state index contributed by atoms with van der Waals surface area (Å²) in [5.41, 5.74) is 0.375. The predicted molar refractivity (Wildman–Crippen MR) is 64.7 cm³/mol. The summed E-state index contributed by atoms with van der Waals surface area (Å²) >= 11 is 0. The Kier molecular flexibility index (Phi) is 3.74. The fourth-order valence-electron chi connectivity index (χ4n) is 2.23. The van der Waals surface area contributed by atoms with Gasteiger partial charge in [-0.05, 0) is 33.6 Å². The third-order valence-electron chi connectivity index (χ3n) is 3.10. The molecule has 2 rings (SSSR count). The standard InChI is InChI=1S/C11H18N2O4S/c1-7(10-5-4-6-16-10)13-18(14,15)11-8(2)12-17-9(11)3/h7,10,13H,4-6H2,1-3H3. The number of rotatable bonds is 4. The molecule has 1 N–H and O–H groups in total. The summed E-state index contributed by atoms with van der Waals surface area (Å²) in [6.07, 6.45) is 1.80. The second-order valence-corrected chi connectivity index (χ2v) is 6.27. The molecule has 1 aromatic rings. The van der Waals surface area contributed by atoms with E-state index in [0.29, 0.717) is 18.1 Å². The minimum Gasteiger partial charge on any atom is -0.377 e. The quantitative estimate of drug-likeness (QED) is 0.890. The number of nitrogens with one attached hydrogen (secondary N) is 1. The van der Waals surface area contributed by atoms with Crippen molar-refractivity contribution in [2.45, 2.75) is 50.7 Å². The Hall–Kier alpha value is -0.920. The van der Waals surface area contributed by atoms with Crippen LogP contribution in [0.25, 0.3) is 0 Å². The van der Waals surface area contributed by atoms with E-state index in [-0.39, 0.29) is 17.0 Å². The first kappa shape index (κ1) is 13.5. The Balaban J connectivity index is 2.17. The van der Waals surface area contributed by atoms with E-state index in [9.17, 15) is 8.42 Å². The number of nitrogens with zero attached hydrogens (tertiary/aromatic N) is 1. The molecular formula is C11H18N2O4S. The Morgan fingerprint density at radius 3 is 2.67 bits per heavy atom. The molecule has 0 bridgehead atoms. The summed E-state index contributed by atoms with van der Waals surface area (Å²) < 4.78 is 37.5. The molecule has 1 aliphatic heterocycles. The van der Waals surface area contributed by atoms with Crippen molar-refractivity contribution in [3.05, 3.63) is 11.5 Å². The molecule has 18 heavy (non-hydrogen) atoms. The van der Waals surface area contributed by atoms with Gasteiger partial charge in [0.25, 0.3) is 0 Å². The monoisotopic (exact) mass is 274 g/mol. The third kappa shape index (κ3) is 2.57. The summed E-state index contributed by atoms with van der Waals surface area (Å²) in [4.78, 5) is 0.132. The molecule has 6 nitrogen and oxygen atoms in total. The van der Waals surface area contributed by atoms with Gasteiger partial charge in [0.1, 0.15) is 10.6 Å². The summed E-state index contributed by atoms with van der Waals surface area (Å²) in [7, 11) is -3.60. The fraction of sp³-hybridized carbons (Fsp3) is 0.727. The van der Waals surface area contributed by atoms with Crippen molar-refractivity contribution < 1.29 is 17.7 Å². The molecule has 1 saturated heterocycles. The molecule has 1 aliphatic rings. The smallest absolute Gasteiger partial charge is 0.246 e. The zero-order valence-electron chi connectivity index (χ0n) is 10.8. The lowest BCUT2D eigenvalue weighted by molar-refractivity contribution is 0.0902. The lowest BCUT2D eigenvalue weighted by Crippen LogP contribution is -2.41. The van der Waals surface area contributed by atoms with Crippen molar-refractivity contribution in [3.63, 3.8) is 0 Å². The molecule has 0 saturated carbocycles. The number of sulfonamides is 1. The van der Waals surface area contributed by atoms with E-state index >= 15 is 0 Å². The Morgan fingerprint density at radius 2 is 2.17 bits per heavy atom. The Labute approximate surface area is 107 Å². The molecular weight excluding hydrogens is 256 g/mol. The van der Waals surface area contributed by atoms with Gasteiger partial charge in [-0.3, -0.25) is 0 Å². The van der Waals surface area contributed by atoms with Gasteiger partial charge in [0.05, 0.1) is 6.10 Å². The van der Waals surface area contributed by atoms with E-state index in [1.807, 2.05) is 6.92 Å². The molecule has 2 atom stereocenters. The highest BCUT2D eigenvalue weighted by molar-refractivity contribution is 7.89. The fourth-order valence-corrected chi connectivity index (χ4v) is 3.84. The number of hydrogen-bond acceptors (Lipinski definition) is 5. The van der Waals surface area contributed by atoms with Crippen LogP contribution in [0.2, 0.25) is 0 Å². The number of hydrogen-bond donors (Lipinski definition) is 1. The predicted octanol–water partition coefficient (Wildman–Crippen LogP) is 1.14. The van der Waals surface area contributed by atoms with Crippen molar-refractivity contribution in [2.75, 3.05) is 6.61 Å². The van der Waals surface area contributed by atoms with Gasteiger partial charge in [-0.1, -0.05) is 5.16 Å². The second-order valence-electron chi connectivity index (χ2n) is 4.61. The molecule has 1 fully saturated rings.